The van der Waals surface area contributed by atoms with E-state index in [0.29, 0.717) is 5.76 Å². The van der Waals surface area contributed by atoms with Gasteiger partial charge in [0.15, 0.2) is 11.6 Å². The molecule has 0 spiro atoms. The zero-order valence-electron chi connectivity index (χ0n) is 11.8. The molecule has 0 bridgehead atoms. The van der Waals surface area contributed by atoms with Crippen molar-refractivity contribution in [1.82, 2.24) is 0 Å². The van der Waals surface area contributed by atoms with Crippen LogP contribution in [0.1, 0.15) is 18.2 Å². The lowest BCUT2D eigenvalue weighted by atomic mass is 10.1. The number of rotatable bonds is 7. The highest BCUT2D eigenvalue weighted by molar-refractivity contribution is 5.59. The van der Waals surface area contributed by atoms with Crippen molar-refractivity contribution in [2.24, 2.45) is 0 Å². The number of methoxy groups -OCH3 is 1. The first-order chi connectivity index (χ1) is 10.6. The molecule has 1 unspecified atom stereocenters. The second-order valence-corrected chi connectivity index (χ2v) is 4.49. The summed E-state index contributed by atoms with van der Waals surface area (Å²) >= 11 is 0. The Morgan fingerprint density at radius 1 is 1.55 bits per heavy atom. The van der Waals surface area contributed by atoms with Gasteiger partial charge >= 0.3 is 5.69 Å². The SMILES string of the molecule is COc1cc(NC(CCO)c2ccco2)c(F)cc1[N+](=O)[O-]. The van der Waals surface area contributed by atoms with Gasteiger partial charge in [-0.05, 0) is 18.6 Å². The summed E-state index contributed by atoms with van der Waals surface area (Å²) in [5.41, 5.74) is -0.431. The maximum atomic E-state index is 14.1. The van der Waals surface area contributed by atoms with Gasteiger partial charge in [-0.2, -0.15) is 0 Å². The number of aliphatic hydroxyl groups is 1. The molecule has 1 aromatic heterocycles. The van der Waals surface area contributed by atoms with Crippen molar-refractivity contribution >= 4 is 11.4 Å². The van der Waals surface area contributed by atoms with Crippen LogP contribution in [-0.2, 0) is 0 Å². The van der Waals surface area contributed by atoms with Gasteiger partial charge in [-0.15, -0.1) is 0 Å². The van der Waals surface area contributed by atoms with Crippen molar-refractivity contribution < 1.29 is 23.6 Å². The Morgan fingerprint density at radius 3 is 2.86 bits per heavy atom. The highest BCUT2D eigenvalue weighted by Crippen LogP contribution is 2.34. The van der Waals surface area contributed by atoms with E-state index in [0.717, 1.165) is 6.07 Å². The third kappa shape index (κ3) is 3.34. The first-order valence-corrected chi connectivity index (χ1v) is 6.49. The predicted molar refractivity (Wildman–Crippen MR) is 76.4 cm³/mol. The topological polar surface area (TPSA) is 97.8 Å². The Labute approximate surface area is 125 Å². The van der Waals surface area contributed by atoms with Gasteiger partial charge in [-0.1, -0.05) is 0 Å². The third-order valence-corrected chi connectivity index (χ3v) is 3.10. The average Bonchev–Trinajstić information content (AvgIpc) is 3.02. The van der Waals surface area contributed by atoms with E-state index in [4.69, 9.17) is 14.3 Å². The summed E-state index contributed by atoms with van der Waals surface area (Å²) in [6.07, 6.45) is 1.75. The first kappa shape index (κ1) is 15.8. The summed E-state index contributed by atoms with van der Waals surface area (Å²) in [7, 11) is 1.27. The number of halogens is 1. The number of anilines is 1. The van der Waals surface area contributed by atoms with E-state index < -0.39 is 22.5 Å². The van der Waals surface area contributed by atoms with Crippen molar-refractivity contribution in [3.8, 4) is 5.75 Å². The molecule has 0 saturated carbocycles. The number of nitrogens with one attached hydrogen (secondary N) is 1. The second-order valence-electron chi connectivity index (χ2n) is 4.49. The van der Waals surface area contributed by atoms with Crippen LogP contribution < -0.4 is 10.1 Å². The van der Waals surface area contributed by atoms with Gasteiger partial charge in [0.2, 0.25) is 0 Å². The van der Waals surface area contributed by atoms with Gasteiger partial charge in [-0.3, -0.25) is 10.1 Å². The minimum absolute atomic E-state index is 0.0253. The van der Waals surface area contributed by atoms with Crippen LogP contribution in [0.4, 0.5) is 15.8 Å². The van der Waals surface area contributed by atoms with Gasteiger partial charge in [0, 0.05) is 12.7 Å². The Kier molecular flexibility index (Phi) is 4.95. The molecule has 1 aromatic carbocycles. The van der Waals surface area contributed by atoms with Gasteiger partial charge in [0.1, 0.15) is 5.76 Å². The molecule has 0 radical (unpaired) electrons. The Bertz CT molecular complexity index is 645. The minimum Gasteiger partial charge on any atom is -0.490 e. The van der Waals surface area contributed by atoms with Gasteiger partial charge < -0.3 is 19.6 Å². The molecule has 8 heteroatoms. The van der Waals surface area contributed by atoms with Crippen molar-refractivity contribution in [3.05, 3.63) is 52.2 Å². The summed E-state index contributed by atoms with van der Waals surface area (Å²) in [4.78, 5) is 10.1. The zero-order chi connectivity index (χ0) is 16.1. The fourth-order valence-corrected chi connectivity index (χ4v) is 2.05. The number of ether oxygens (including phenoxy) is 1. The maximum Gasteiger partial charge on any atom is 0.313 e. The van der Waals surface area contributed by atoms with Crippen LogP contribution in [0.5, 0.6) is 5.75 Å². The van der Waals surface area contributed by atoms with E-state index in [1.807, 2.05) is 0 Å². The molecule has 0 aliphatic rings. The molecule has 2 N–H and O–H groups in total. The number of hydrogen-bond acceptors (Lipinski definition) is 6. The molecule has 0 saturated heterocycles. The highest BCUT2D eigenvalue weighted by Gasteiger charge is 2.22. The average molecular weight is 310 g/mol. The molecule has 7 nitrogen and oxygen atoms in total. The van der Waals surface area contributed by atoms with Gasteiger partial charge in [-0.25, -0.2) is 4.39 Å². The molecule has 1 heterocycles. The van der Waals surface area contributed by atoms with Crippen molar-refractivity contribution in [3.63, 3.8) is 0 Å². The molecule has 1 atom stereocenters. The van der Waals surface area contributed by atoms with Crippen LogP contribution in [0.3, 0.4) is 0 Å². The molecule has 0 aliphatic heterocycles. The monoisotopic (exact) mass is 310 g/mol. The second kappa shape index (κ2) is 6.90. The molecule has 0 amide bonds. The smallest absolute Gasteiger partial charge is 0.313 e. The van der Waals surface area contributed by atoms with Crippen LogP contribution in [0.2, 0.25) is 0 Å². The number of furan rings is 1. The third-order valence-electron chi connectivity index (χ3n) is 3.10. The molecule has 118 valence electrons. The minimum atomic E-state index is -0.790. The highest BCUT2D eigenvalue weighted by atomic mass is 19.1. The quantitative estimate of drug-likeness (QED) is 0.603. The summed E-state index contributed by atoms with van der Waals surface area (Å²) < 4.78 is 24.2. The predicted octanol–water partition coefficient (Wildman–Crippen LogP) is 2.87. The van der Waals surface area contributed by atoms with Gasteiger partial charge in [0.05, 0.1) is 36.1 Å². The lowest BCUT2D eigenvalue weighted by Crippen LogP contribution is -2.13. The fourth-order valence-electron chi connectivity index (χ4n) is 2.05. The van der Waals surface area contributed by atoms with E-state index in [1.165, 1.54) is 19.4 Å². The molecule has 22 heavy (non-hydrogen) atoms. The Morgan fingerprint density at radius 2 is 2.32 bits per heavy atom. The van der Waals surface area contributed by atoms with Gasteiger partial charge in [0.25, 0.3) is 0 Å². The normalized spacial score (nSPS) is 12.0. The number of nitrogens with zero attached hydrogens (tertiary/aromatic N) is 1. The standard InChI is InChI=1S/C14H15FN2O5/c1-21-14-8-11(9(15)7-12(14)17(19)20)16-10(4-5-18)13-3-2-6-22-13/h2-3,6-8,10,16,18H,4-5H2,1H3. The lowest BCUT2D eigenvalue weighted by Gasteiger charge is -2.18. The lowest BCUT2D eigenvalue weighted by molar-refractivity contribution is -0.385. The van der Waals surface area contributed by atoms with Crippen LogP contribution in [0, 0.1) is 15.9 Å². The van der Waals surface area contributed by atoms with Crippen molar-refractivity contribution in [1.29, 1.82) is 0 Å². The fraction of sp³-hybridized carbons (Fsp3) is 0.286. The Balaban J connectivity index is 2.33. The Hall–Kier alpha value is -2.61. The largest absolute Gasteiger partial charge is 0.490 e. The summed E-state index contributed by atoms with van der Waals surface area (Å²) in [5.74, 6) is -0.330. The van der Waals surface area contributed by atoms with E-state index in [9.17, 15) is 14.5 Å². The van der Waals surface area contributed by atoms with E-state index in [-0.39, 0.29) is 24.5 Å². The summed E-state index contributed by atoms with van der Waals surface area (Å²) in [5, 5.41) is 22.8. The van der Waals surface area contributed by atoms with Crippen LogP contribution in [0.25, 0.3) is 0 Å². The molecular weight excluding hydrogens is 295 g/mol. The number of aliphatic hydroxyl groups excluding tert-OH is 1. The number of nitro benzene ring substituents is 1. The van der Waals surface area contributed by atoms with E-state index in [1.54, 1.807) is 12.1 Å². The van der Waals surface area contributed by atoms with Crippen LogP contribution >= 0.6 is 0 Å². The molecule has 2 aromatic rings. The first-order valence-electron chi connectivity index (χ1n) is 6.49. The molecule has 0 fully saturated rings. The number of benzene rings is 1. The maximum absolute atomic E-state index is 14.1. The molecule has 0 aliphatic carbocycles. The molecule has 2 rings (SSSR count). The van der Waals surface area contributed by atoms with Crippen LogP contribution in [-0.4, -0.2) is 23.7 Å². The van der Waals surface area contributed by atoms with E-state index in [2.05, 4.69) is 5.32 Å². The molecular formula is C14H15FN2O5. The number of hydrogen-bond donors (Lipinski definition) is 2. The van der Waals surface area contributed by atoms with Crippen LogP contribution in [0.15, 0.2) is 34.9 Å². The summed E-state index contributed by atoms with van der Waals surface area (Å²) in [6.45, 7) is -0.135. The summed E-state index contributed by atoms with van der Waals surface area (Å²) in [6, 6.07) is 4.89. The zero-order valence-corrected chi connectivity index (χ0v) is 11.8. The van der Waals surface area contributed by atoms with E-state index >= 15 is 0 Å². The van der Waals surface area contributed by atoms with Crippen molar-refractivity contribution in [2.75, 3.05) is 19.0 Å². The van der Waals surface area contributed by atoms with Crippen molar-refractivity contribution in [2.45, 2.75) is 12.5 Å². The number of nitro groups is 1.